The monoisotopic (exact) mass is 239 g/mol. The Morgan fingerprint density at radius 3 is 2.78 bits per heavy atom. The first-order valence-electron chi connectivity index (χ1n) is 7.09. The van der Waals surface area contributed by atoms with Crippen LogP contribution in [0.25, 0.3) is 10.8 Å². The molecule has 2 atom stereocenters. The Balaban J connectivity index is 1.89. The zero-order chi connectivity index (χ0) is 12.4. The summed E-state index contributed by atoms with van der Waals surface area (Å²) < 4.78 is 0. The number of fused-ring (bicyclic) bond motifs is 1. The molecule has 1 aliphatic rings. The molecule has 18 heavy (non-hydrogen) atoms. The number of benzene rings is 2. The van der Waals surface area contributed by atoms with Crippen LogP contribution in [0.1, 0.15) is 37.7 Å². The zero-order valence-corrected chi connectivity index (χ0v) is 11.0. The van der Waals surface area contributed by atoms with Gasteiger partial charge in [-0.25, -0.2) is 0 Å². The van der Waals surface area contributed by atoms with Gasteiger partial charge in [-0.2, -0.15) is 0 Å². The van der Waals surface area contributed by atoms with E-state index in [0.717, 1.165) is 12.5 Å². The highest BCUT2D eigenvalue weighted by atomic mass is 14.9. The van der Waals surface area contributed by atoms with Gasteiger partial charge >= 0.3 is 0 Å². The van der Waals surface area contributed by atoms with Crippen molar-refractivity contribution in [3.63, 3.8) is 0 Å². The Morgan fingerprint density at radius 1 is 1.11 bits per heavy atom. The van der Waals surface area contributed by atoms with Gasteiger partial charge in [-0.05, 0) is 48.1 Å². The van der Waals surface area contributed by atoms with E-state index in [1.54, 1.807) is 0 Å². The van der Waals surface area contributed by atoms with Crippen LogP contribution in [0.5, 0.6) is 0 Å². The standard InChI is InChI=1S/C17H21N/c1-2-17-12-16(9-10-18-17)15-8-7-13-5-3-4-6-14(13)11-15/h3-8,11,16-18H,2,9-10,12H2,1H3/t16-,17-/m1/s1. The minimum Gasteiger partial charge on any atom is -0.314 e. The summed E-state index contributed by atoms with van der Waals surface area (Å²) in [6.07, 6.45) is 3.80. The second kappa shape index (κ2) is 5.11. The van der Waals surface area contributed by atoms with Crippen molar-refractivity contribution in [1.29, 1.82) is 0 Å². The maximum Gasteiger partial charge on any atom is 0.00702 e. The van der Waals surface area contributed by atoms with E-state index in [0.29, 0.717) is 6.04 Å². The first-order chi connectivity index (χ1) is 8.86. The number of nitrogens with one attached hydrogen (secondary N) is 1. The molecule has 1 fully saturated rings. The lowest BCUT2D eigenvalue weighted by Gasteiger charge is -2.30. The first kappa shape index (κ1) is 11.7. The fourth-order valence-electron chi connectivity index (χ4n) is 3.08. The van der Waals surface area contributed by atoms with E-state index in [1.165, 1.54) is 35.6 Å². The molecule has 2 aromatic carbocycles. The van der Waals surface area contributed by atoms with Gasteiger partial charge in [-0.3, -0.25) is 0 Å². The SMILES string of the molecule is CC[C@@H]1C[C@H](c2ccc3ccccc3c2)CCN1. The second-order valence-corrected chi connectivity index (χ2v) is 5.39. The van der Waals surface area contributed by atoms with E-state index in [4.69, 9.17) is 0 Å². The number of hydrogen-bond acceptors (Lipinski definition) is 1. The van der Waals surface area contributed by atoms with E-state index in [9.17, 15) is 0 Å². The molecule has 0 unspecified atom stereocenters. The van der Waals surface area contributed by atoms with Crippen LogP contribution in [0.4, 0.5) is 0 Å². The molecular weight excluding hydrogens is 218 g/mol. The highest BCUT2D eigenvalue weighted by Gasteiger charge is 2.21. The molecule has 1 saturated heterocycles. The van der Waals surface area contributed by atoms with Crippen molar-refractivity contribution in [2.24, 2.45) is 0 Å². The molecule has 0 amide bonds. The third-order valence-electron chi connectivity index (χ3n) is 4.23. The van der Waals surface area contributed by atoms with Crippen LogP contribution in [0.2, 0.25) is 0 Å². The van der Waals surface area contributed by atoms with Gasteiger partial charge in [0.15, 0.2) is 0 Å². The molecule has 2 aromatic rings. The second-order valence-electron chi connectivity index (χ2n) is 5.39. The molecule has 3 rings (SSSR count). The molecule has 1 heterocycles. The van der Waals surface area contributed by atoms with Crippen LogP contribution in [0.3, 0.4) is 0 Å². The normalized spacial score (nSPS) is 24.3. The minimum atomic E-state index is 0.704. The average molecular weight is 239 g/mol. The molecule has 94 valence electrons. The van der Waals surface area contributed by atoms with Crippen molar-refractivity contribution in [2.45, 2.75) is 38.1 Å². The molecule has 0 radical (unpaired) electrons. The summed E-state index contributed by atoms with van der Waals surface area (Å²) in [5.41, 5.74) is 1.52. The Morgan fingerprint density at radius 2 is 1.94 bits per heavy atom. The topological polar surface area (TPSA) is 12.0 Å². The Kier molecular flexibility index (Phi) is 3.33. The molecule has 1 nitrogen and oxygen atoms in total. The fourth-order valence-corrected chi connectivity index (χ4v) is 3.08. The van der Waals surface area contributed by atoms with Gasteiger partial charge in [-0.15, -0.1) is 0 Å². The van der Waals surface area contributed by atoms with Crippen LogP contribution in [-0.2, 0) is 0 Å². The molecule has 0 spiro atoms. The Hall–Kier alpha value is -1.34. The van der Waals surface area contributed by atoms with Crippen LogP contribution < -0.4 is 5.32 Å². The van der Waals surface area contributed by atoms with E-state index < -0.39 is 0 Å². The van der Waals surface area contributed by atoms with E-state index in [2.05, 4.69) is 54.7 Å². The first-order valence-corrected chi connectivity index (χ1v) is 7.09. The molecule has 1 heteroatoms. The summed E-state index contributed by atoms with van der Waals surface area (Å²) in [5, 5.41) is 6.33. The van der Waals surface area contributed by atoms with Gasteiger partial charge in [0.1, 0.15) is 0 Å². The highest BCUT2D eigenvalue weighted by molar-refractivity contribution is 5.83. The quantitative estimate of drug-likeness (QED) is 0.832. The average Bonchev–Trinajstić information content (AvgIpc) is 2.47. The van der Waals surface area contributed by atoms with Crippen molar-refractivity contribution < 1.29 is 0 Å². The van der Waals surface area contributed by atoms with Gasteiger partial charge in [-0.1, -0.05) is 49.4 Å². The third-order valence-corrected chi connectivity index (χ3v) is 4.23. The molecule has 1 N–H and O–H groups in total. The van der Waals surface area contributed by atoms with E-state index >= 15 is 0 Å². The summed E-state index contributed by atoms with van der Waals surface area (Å²) in [4.78, 5) is 0. The number of piperidine rings is 1. The minimum absolute atomic E-state index is 0.704. The summed E-state index contributed by atoms with van der Waals surface area (Å²) in [7, 11) is 0. The van der Waals surface area contributed by atoms with Crippen molar-refractivity contribution in [3.05, 3.63) is 48.0 Å². The lowest BCUT2D eigenvalue weighted by molar-refractivity contribution is 0.355. The van der Waals surface area contributed by atoms with Crippen molar-refractivity contribution >= 4 is 10.8 Å². The molecule has 1 aliphatic heterocycles. The van der Waals surface area contributed by atoms with Crippen molar-refractivity contribution in [2.75, 3.05) is 6.54 Å². The summed E-state index contributed by atoms with van der Waals surface area (Å²) in [6, 6.07) is 16.3. The Bertz CT molecular complexity index is 532. The largest absolute Gasteiger partial charge is 0.314 e. The maximum atomic E-state index is 3.61. The lowest BCUT2D eigenvalue weighted by atomic mass is 9.85. The van der Waals surface area contributed by atoms with E-state index in [1.807, 2.05) is 0 Å². The molecule has 0 aliphatic carbocycles. The van der Waals surface area contributed by atoms with Gasteiger partial charge in [0.25, 0.3) is 0 Å². The van der Waals surface area contributed by atoms with E-state index in [-0.39, 0.29) is 0 Å². The van der Waals surface area contributed by atoms with Gasteiger partial charge < -0.3 is 5.32 Å². The predicted octanol–water partition coefficient (Wildman–Crippen LogP) is 4.09. The van der Waals surface area contributed by atoms with Crippen LogP contribution in [0.15, 0.2) is 42.5 Å². The summed E-state index contributed by atoms with van der Waals surface area (Å²) in [5.74, 6) is 0.737. The van der Waals surface area contributed by atoms with Gasteiger partial charge in [0.05, 0.1) is 0 Å². The highest BCUT2D eigenvalue weighted by Crippen LogP contribution is 2.30. The molecule has 0 saturated carbocycles. The maximum absolute atomic E-state index is 3.61. The smallest absolute Gasteiger partial charge is 0.00702 e. The molecular formula is C17H21N. The zero-order valence-electron chi connectivity index (χ0n) is 11.0. The molecule has 0 bridgehead atoms. The third kappa shape index (κ3) is 2.28. The van der Waals surface area contributed by atoms with Crippen LogP contribution >= 0.6 is 0 Å². The van der Waals surface area contributed by atoms with Crippen molar-refractivity contribution in [3.8, 4) is 0 Å². The number of rotatable bonds is 2. The summed E-state index contributed by atoms with van der Waals surface area (Å²) >= 11 is 0. The van der Waals surface area contributed by atoms with Gasteiger partial charge in [0.2, 0.25) is 0 Å². The van der Waals surface area contributed by atoms with Gasteiger partial charge in [0, 0.05) is 6.04 Å². The van der Waals surface area contributed by atoms with Crippen LogP contribution in [-0.4, -0.2) is 12.6 Å². The predicted molar refractivity (Wildman–Crippen MR) is 78.0 cm³/mol. The molecule has 0 aromatic heterocycles. The summed E-state index contributed by atoms with van der Waals surface area (Å²) in [6.45, 7) is 3.44. The number of hydrogen-bond donors (Lipinski definition) is 1. The fraction of sp³-hybridized carbons (Fsp3) is 0.412. The van der Waals surface area contributed by atoms with Crippen molar-refractivity contribution in [1.82, 2.24) is 5.32 Å². The Labute approximate surface area is 109 Å². The lowest BCUT2D eigenvalue weighted by Crippen LogP contribution is -2.36. The van der Waals surface area contributed by atoms with Crippen LogP contribution in [0, 0.1) is 0 Å².